The smallest absolute Gasteiger partial charge is 0.251 e. The molecule has 0 unspecified atom stereocenters. The predicted octanol–water partition coefficient (Wildman–Crippen LogP) is 2.24. The van der Waals surface area contributed by atoms with E-state index in [0.717, 1.165) is 50.3 Å². The second kappa shape index (κ2) is 7.40. The fraction of sp³-hybridized carbons (Fsp3) is 0.500. The first-order valence-electron chi connectivity index (χ1n) is 9.39. The number of carbonyl (C=O) groups excluding carboxylic acids is 1. The molecule has 1 fully saturated rings. The number of hydrogen-bond donors (Lipinski definition) is 3. The molecular weight excluding hydrogens is 312 g/mol. The van der Waals surface area contributed by atoms with Gasteiger partial charge in [-0.25, -0.2) is 0 Å². The first-order chi connectivity index (χ1) is 12.3. The fourth-order valence-electron chi connectivity index (χ4n) is 4.07. The van der Waals surface area contributed by atoms with E-state index in [4.69, 9.17) is 0 Å². The van der Waals surface area contributed by atoms with Crippen molar-refractivity contribution in [2.24, 2.45) is 5.92 Å². The molecule has 1 aliphatic heterocycles. The summed E-state index contributed by atoms with van der Waals surface area (Å²) in [6.07, 6.45) is 8.20. The van der Waals surface area contributed by atoms with Crippen LogP contribution in [-0.4, -0.2) is 35.2 Å². The number of aromatic nitrogens is 2. The number of nitrogens with one attached hydrogen (secondary N) is 3. The summed E-state index contributed by atoms with van der Waals surface area (Å²) in [7, 11) is 0. The lowest BCUT2D eigenvalue weighted by molar-refractivity contribution is 0.0933. The highest BCUT2D eigenvalue weighted by atomic mass is 16.1. The fourth-order valence-corrected chi connectivity index (χ4v) is 4.07. The van der Waals surface area contributed by atoms with Crippen molar-refractivity contribution in [3.63, 3.8) is 0 Å². The Kier molecular flexibility index (Phi) is 4.83. The van der Waals surface area contributed by atoms with Gasteiger partial charge in [-0.2, -0.15) is 5.10 Å². The van der Waals surface area contributed by atoms with Crippen LogP contribution in [-0.2, 0) is 19.3 Å². The zero-order valence-corrected chi connectivity index (χ0v) is 14.6. The molecule has 4 rings (SSSR count). The summed E-state index contributed by atoms with van der Waals surface area (Å²) in [6, 6.07) is 8.36. The van der Waals surface area contributed by atoms with Gasteiger partial charge in [0.15, 0.2) is 0 Å². The zero-order valence-electron chi connectivity index (χ0n) is 14.6. The summed E-state index contributed by atoms with van der Waals surface area (Å²) >= 11 is 0. The lowest BCUT2D eigenvalue weighted by Crippen LogP contribution is -2.38. The van der Waals surface area contributed by atoms with Crippen molar-refractivity contribution in [2.45, 2.75) is 44.6 Å². The van der Waals surface area contributed by atoms with Crippen LogP contribution in [0.25, 0.3) is 0 Å². The van der Waals surface area contributed by atoms with Crippen molar-refractivity contribution >= 4 is 5.91 Å². The van der Waals surface area contributed by atoms with Crippen molar-refractivity contribution in [1.29, 1.82) is 0 Å². The first-order valence-corrected chi connectivity index (χ1v) is 9.39. The number of aromatic amines is 1. The molecule has 0 saturated carbocycles. The van der Waals surface area contributed by atoms with E-state index in [1.165, 1.54) is 29.7 Å². The molecule has 0 spiro atoms. The number of H-pyrrole nitrogens is 1. The Balaban J connectivity index is 1.38. The molecule has 1 aliphatic carbocycles. The van der Waals surface area contributed by atoms with E-state index in [0.29, 0.717) is 0 Å². The van der Waals surface area contributed by atoms with Crippen LogP contribution in [0.3, 0.4) is 0 Å². The summed E-state index contributed by atoms with van der Waals surface area (Å²) in [6.45, 7) is 2.23. The monoisotopic (exact) mass is 338 g/mol. The van der Waals surface area contributed by atoms with Gasteiger partial charge in [0.05, 0.1) is 6.20 Å². The Morgan fingerprint density at radius 1 is 1.24 bits per heavy atom. The molecule has 5 heteroatoms. The summed E-state index contributed by atoms with van der Waals surface area (Å²) in [5, 5.41) is 13.8. The third-order valence-corrected chi connectivity index (χ3v) is 5.52. The highest BCUT2D eigenvalue weighted by Crippen LogP contribution is 2.21. The van der Waals surface area contributed by atoms with Gasteiger partial charge in [0, 0.05) is 17.3 Å². The SMILES string of the molecule is O=C(N[C@H]1CCc2[nH]ncc2C1)c1cccc(CC2CCNCC2)c1. The van der Waals surface area contributed by atoms with Crippen LogP contribution in [0, 0.1) is 5.92 Å². The van der Waals surface area contributed by atoms with E-state index < -0.39 is 0 Å². The van der Waals surface area contributed by atoms with Gasteiger partial charge in [-0.1, -0.05) is 12.1 Å². The van der Waals surface area contributed by atoms with Crippen molar-refractivity contribution in [1.82, 2.24) is 20.8 Å². The van der Waals surface area contributed by atoms with Crippen molar-refractivity contribution in [2.75, 3.05) is 13.1 Å². The zero-order chi connectivity index (χ0) is 17.1. The van der Waals surface area contributed by atoms with Crippen LogP contribution in [0.1, 0.15) is 46.4 Å². The van der Waals surface area contributed by atoms with Crippen LogP contribution in [0.15, 0.2) is 30.5 Å². The lowest BCUT2D eigenvalue weighted by atomic mass is 9.90. The number of piperidine rings is 1. The molecule has 3 N–H and O–H groups in total. The number of carbonyl (C=O) groups is 1. The molecule has 5 nitrogen and oxygen atoms in total. The van der Waals surface area contributed by atoms with Gasteiger partial charge < -0.3 is 10.6 Å². The topological polar surface area (TPSA) is 69.8 Å². The van der Waals surface area contributed by atoms with E-state index in [1.54, 1.807) is 0 Å². The number of amides is 1. The Morgan fingerprint density at radius 3 is 3.00 bits per heavy atom. The minimum absolute atomic E-state index is 0.0455. The molecule has 25 heavy (non-hydrogen) atoms. The summed E-state index contributed by atoms with van der Waals surface area (Å²) < 4.78 is 0. The molecule has 2 heterocycles. The van der Waals surface area contributed by atoms with E-state index in [1.807, 2.05) is 18.3 Å². The minimum Gasteiger partial charge on any atom is -0.349 e. The van der Waals surface area contributed by atoms with Crippen LogP contribution in [0.2, 0.25) is 0 Å². The largest absolute Gasteiger partial charge is 0.349 e. The molecule has 0 radical (unpaired) electrons. The maximum absolute atomic E-state index is 12.7. The number of aryl methyl sites for hydroxylation is 1. The maximum atomic E-state index is 12.7. The maximum Gasteiger partial charge on any atom is 0.251 e. The van der Waals surface area contributed by atoms with Crippen molar-refractivity contribution in [3.05, 3.63) is 52.8 Å². The normalized spacial score (nSPS) is 20.9. The Morgan fingerprint density at radius 2 is 2.12 bits per heavy atom. The average molecular weight is 338 g/mol. The van der Waals surface area contributed by atoms with E-state index >= 15 is 0 Å². The summed E-state index contributed by atoms with van der Waals surface area (Å²) in [5.74, 6) is 0.779. The average Bonchev–Trinajstić information content (AvgIpc) is 3.10. The van der Waals surface area contributed by atoms with Gasteiger partial charge in [-0.15, -0.1) is 0 Å². The number of benzene rings is 1. The number of hydrogen-bond acceptors (Lipinski definition) is 3. The summed E-state index contributed by atoms with van der Waals surface area (Å²) in [4.78, 5) is 12.7. The highest BCUT2D eigenvalue weighted by molar-refractivity contribution is 5.94. The van der Waals surface area contributed by atoms with E-state index in [9.17, 15) is 4.79 Å². The molecule has 1 amide bonds. The van der Waals surface area contributed by atoms with Crippen molar-refractivity contribution < 1.29 is 4.79 Å². The third kappa shape index (κ3) is 3.93. The molecule has 2 aliphatic rings. The highest BCUT2D eigenvalue weighted by Gasteiger charge is 2.22. The molecule has 132 valence electrons. The molecule has 1 atom stereocenters. The number of fused-ring (bicyclic) bond motifs is 1. The van der Waals surface area contributed by atoms with Gasteiger partial charge in [0.1, 0.15) is 0 Å². The minimum atomic E-state index is 0.0455. The van der Waals surface area contributed by atoms with Gasteiger partial charge >= 0.3 is 0 Å². The van der Waals surface area contributed by atoms with Crippen molar-refractivity contribution in [3.8, 4) is 0 Å². The number of rotatable bonds is 4. The Bertz CT molecular complexity index is 733. The van der Waals surface area contributed by atoms with Gasteiger partial charge in [-0.05, 0) is 80.8 Å². The molecule has 0 bridgehead atoms. The molecule has 2 aromatic rings. The van der Waals surface area contributed by atoms with Crippen LogP contribution >= 0.6 is 0 Å². The number of nitrogens with zero attached hydrogens (tertiary/aromatic N) is 1. The molecular formula is C20H26N4O. The Hall–Kier alpha value is -2.14. The standard InChI is InChI=1S/C20H26N4O/c25-20(23-18-4-5-19-17(12-18)13-22-24-19)16-3-1-2-15(11-16)10-14-6-8-21-9-7-14/h1-3,11,13-14,18,21H,4-10,12H2,(H,22,24)(H,23,25)/t18-/m0/s1. The molecule has 1 saturated heterocycles. The van der Waals surface area contributed by atoms with Crippen LogP contribution in [0.5, 0.6) is 0 Å². The Labute approximate surface area is 148 Å². The second-order valence-electron chi connectivity index (χ2n) is 7.38. The van der Waals surface area contributed by atoms with Gasteiger partial charge in [0.2, 0.25) is 0 Å². The molecule has 1 aromatic carbocycles. The third-order valence-electron chi connectivity index (χ3n) is 5.52. The first kappa shape index (κ1) is 16.3. The van der Waals surface area contributed by atoms with Crippen LogP contribution in [0.4, 0.5) is 0 Å². The predicted molar refractivity (Wildman–Crippen MR) is 97.6 cm³/mol. The van der Waals surface area contributed by atoms with Gasteiger partial charge in [-0.3, -0.25) is 9.89 Å². The lowest BCUT2D eigenvalue weighted by Gasteiger charge is -2.24. The molecule has 1 aromatic heterocycles. The van der Waals surface area contributed by atoms with Gasteiger partial charge in [0.25, 0.3) is 5.91 Å². The van der Waals surface area contributed by atoms with E-state index in [-0.39, 0.29) is 11.9 Å². The quantitative estimate of drug-likeness (QED) is 0.801. The van der Waals surface area contributed by atoms with E-state index in [2.05, 4.69) is 33.0 Å². The van der Waals surface area contributed by atoms with Crippen LogP contribution < -0.4 is 10.6 Å². The summed E-state index contributed by atoms with van der Waals surface area (Å²) in [5.41, 5.74) is 4.51. The second-order valence-corrected chi connectivity index (χ2v) is 7.38.